The highest BCUT2D eigenvalue weighted by molar-refractivity contribution is 7.90. The highest BCUT2D eigenvalue weighted by Gasteiger charge is 2.37. The number of benzene rings is 1. The van der Waals surface area contributed by atoms with Crippen molar-refractivity contribution in [3.05, 3.63) is 30.0 Å². The average Bonchev–Trinajstić information content (AvgIpc) is 2.59. The second-order valence-electron chi connectivity index (χ2n) is 4.08. The van der Waals surface area contributed by atoms with Crippen LogP contribution in [0.4, 0.5) is 0 Å². The van der Waals surface area contributed by atoms with E-state index in [-0.39, 0.29) is 0 Å². The molecule has 0 atom stereocenters. The minimum absolute atomic E-state index is 0.339. The van der Waals surface area contributed by atoms with Gasteiger partial charge in [0, 0.05) is 5.39 Å². The van der Waals surface area contributed by atoms with Crippen molar-refractivity contribution in [1.29, 1.82) is 0 Å². The van der Waals surface area contributed by atoms with E-state index in [1.807, 2.05) is 0 Å². The van der Waals surface area contributed by atoms with Crippen molar-refractivity contribution >= 4 is 21.0 Å². The number of hydrogen-bond donors (Lipinski definition) is 1. The minimum atomic E-state index is -3.74. The lowest BCUT2D eigenvalue weighted by molar-refractivity contribution is 0.432. The van der Waals surface area contributed by atoms with Gasteiger partial charge in [-0.05, 0) is 26.0 Å². The third-order valence-corrected chi connectivity index (χ3v) is 4.27. The molecule has 2 aromatic rings. The number of aromatic nitrogens is 1. The lowest BCUT2D eigenvalue weighted by Crippen LogP contribution is -2.35. The van der Waals surface area contributed by atoms with Gasteiger partial charge < -0.3 is 4.52 Å². The number of primary sulfonamides is 1. The summed E-state index contributed by atoms with van der Waals surface area (Å²) in [5.41, 5.74) is 0.889. The molecular weight excluding hydrogens is 228 g/mol. The molecule has 0 saturated heterocycles. The van der Waals surface area contributed by atoms with Gasteiger partial charge in [-0.2, -0.15) is 0 Å². The summed E-state index contributed by atoms with van der Waals surface area (Å²) in [4.78, 5) is 0. The predicted octanol–water partition coefficient (Wildman–Crippen LogP) is 1.35. The molecule has 0 amide bonds. The normalized spacial score (nSPS) is 13.2. The number of para-hydroxylation sites is 1. The first-order valence-corrected chi connectivity index (χ1v) is 6.26. The van der Waals surface area contributed by atoms with E-state index in [4.69, 9.17) is 9.66 Å². The fourth-order valence-corrected chi connectivity index (χ4v) is 1.87. The SMILES string of the molecule is CC(C)(c1noc2ccccc12)S(N)(=O)=O. The Morgan fingerprint density at radius 3 is 2.56 bits per heavy atom. The Morgan fingerprint density at radius 1 is 1.31 bits per heavy atom. The van der Waals surface area contributed by atoms with Crippen LogP contribution in [0.5, 0.6) is 0 Å². The second-order valence-corrected chi connectivity index (χ2v) is 6.19. The summed E-state index contributed by atoms with van der Waals surface area (Å²) in [6, 6.07) is 7.07. The fourth-order valence-electron chi connectivity index (χ4n) is 1.45. The first-order chi connectivity index (χ1) is 7.34. The molecule has 6 heteroatoms. The quantitative estimate of drug-likeness (QED) is 0.858. The van der Waals surface area contributed by atoms with Crippen LogP contribution in [0, 0.1) is 0 Å². The van der Waals surface area contributed by atoms with Crippen molar-refractivity contribution in [3.63, 3.8) is 0 Å². The zero-order chi connectivity index (χ0) is 12.0. The monoisotopic (exact) mass is 240 g/mol. The zero-order valence-electron chi connectivity index (χ0n) is 8.97. The van der Waals surface area contributed by atoms with Gasteiger partial charge in [-0.3, -0.25) is 0 Å². The smallest absolute Gasteiger partial charge is 0.220 e. The van der Waals surface area contributed by atoms with Crippen LogP contribution in [0.25, 0.3) is 11.0 Å². The molecule has 2 N–H and O–H groups in total. The molecule has 0 aliphatic rings. The molecule has 0 aliphatic carbocycles. The van der Waals surface area contributed by atoms with Crippen molar-refractivity contribution in [2.75, 3.05) is 0 Å². The van der Waals surface area contributed by atoms with E-state index in [1.165, 1.54) is 13.8 Å². The van der Waals surface area contributed by atoms with Crippen LogP contribution in [0.3, 0.4) is 0 Å². The number of fused-ring (bicyclic) bond motifs is 1. The van der Waals surface area contributed by atoms with Crippen LogP contribution < -0.4 is 5.14 Å². The summed E-state index contributed by atoms with van der Waals surface area (Å²) in [6.45, 7) is 3.01. The largest absolute Gasteiger partial charge is 0.356 e. The first kappa shape index (κ1) is 11.1. The number of rotatable bonds is 2. The fraction of sp³-hybridized carbons (Fsp3) is 0.300. The summed E-state index contributed by atoms with van der Waals surface area (Å²) < 4.78 is 26.8. The summed E-state index contributed by atoms with van der Waals surface area (Å²) in [6.07, 6.45) is 0. The highest BCUT2D eigenvalue weighted by Crippen LogP contribution is 2.32. The number of nitrogens with zero attached hydrogens (tertiary/aromatic N) is 1. The van der Waals surface area contributed by atoms with Crippen LogP contribution in [0.1, 0.15) is 19.5 Å². The van der Waals surface area contributed by atoms with E-state index >= 15 is 0 Å². The summed E-state index contributed by atoms with van der Waals surface area (Å²) >= 11 is 0. The van der Waals surface area contributed by atoms with Crippen LogP contribution >= 0.6 is 0 Å². The first-order valence-electron chi connectivity index (χ1n) is 4.71. The van der Waals surface area contributed by atoms with Gasteiger partial charge in [0.1, 0.15) is 10.4 Å². The van der Waals surface area contributed by atoms with Crippen molar-refractivity contribution in [3.8, 4) is 0 Å². The molecule has 0 fully saturated rings. The molecule has 5 nitrogen and oxygen atoms in total. The molecule has 1 aromatic carbocycles. The Balaban J connectivity index is 2.74. The van der Waals surface area contributed by atoms with E-state index in [0.29, 0.717) is 16.7 Å². The van der Waals surface area contributed by atoms with Crippen molar-refractivity contribution in [1.82, 2.24) is 5.16 Å². The van der Waals surface area contributed by atoms with Crippen LogP contribution in [0.15, 0.2) is 28.8 Å². The Morgan fingerprint density at radius 2 is 1.94 bits per heavy atom. The number of sulfonamides is 1. The molecule has 16 heavy (non-hydrogen) atoms. The van der Waals surface area contributed by atoms with Gasteiger partial charge in [-0.25, -0.2) is 13.6 Å². The standard InChI is InChI=1S/C10H12N2O3S/c1-10(2,16(11,13)14)9-7-5-3-4-6-8(7)15-12-9/h3-6H,1-2H3,(H2,11,13,14). The number of hydrogen-bond acceptors (Lipinski definition) is 4. The van der Waals surface area contributed by atoms with E-state index in [0.717, 1.165) is 0 Å². The molecule has 0 unspecified atom stereocenters. The van der Waals surface area contributed by atoms with Gasteiger partial charge in [0.2, 0.25) is 10.0 Å². The lowest BCUT2D eigenvalue weighted by Gasteiger charge is -2.18. The van der Waals surface area contributed by atoms with Gasteiger partial charge in [-0.1, -0.05) is 17.3 Å². The molecule has 86 valence electrons. The van der Waals surface area contributed by atoms with Gasteiger partial charge in [0.25, 0.3) is 0 Å². The molecule has 0 saturated carbocycles. The van der Waals surface area contributed by atoms with Crippen LogP contribution in [-0.4, -0.2) is 13.6 Å². The van der Waals surface area contributed by atoms with Crippen molar-refractivity contribution in [2.45, 2.75) is 18.6 Å². The van der Waals surface area contributed by atoms with E-state index in [2.05, 4.69) is 5.16 Å². The topological polar surface area (TPSA) is 86.2 Å². The zero-order valence-corrected chi connectivity index (χ0v) is 9.78. The molecule has 1 heterocycles. The second kappa shape index (κ2) is 3.29. The van der Waals surface area contributed by atoms with E-state index in [1.54, 1.807) is 24.3 Å². The molecular formula is C10H12N2O3S. The molecule has 2 rings (SSSR count). The summed E-state index contributed by atoms with van der Waals surface area (Å²) in [5, 5.41) is 9.65. The van der Waals surface area contributed by atoms with Crippen LogP contribution in [0.2, 0.25) is 0 Å². The van der Waals surface area contributed by atoms with Gasteiger partial charge in [0.05, 0.1) is 0 Å². The number of nitrogens with two attached hydrogens (primary N) is 1. The Hall–Kier alpha value is -1.40. The molecule has 1 aromatic heterocycles. The third-order valence-electron chi connectivity index (χ3n) is 2.66. The minimum Gasteiger partial charge on any atom is -0.356 e. The maximum Gasteiger partial charge on any atom is 0.220 e. The summed E-state index contributed by atoms with van der Waals surface area (Å²) in [7, 11) is -3.74. The van der Waals surface area contributed by atoms with Crippen molar-refractivity contribution in [2.24, 2.45) is 5.14 Å². The lowest BCUT2D eigenvalue weighted by atomic mass is 10.1. The highest BCUT2D eigenvalue weighted by atomic mass is 32.2. The van der Waals surface area contributed by atoms with Crippen LogP contribution in [-0.2, 0) is 14.8 Å². The maximum absolute atomic E-state index is 11.5. The van der Waals surface area contributed by atoms with E-state index in [9.17, 15) is 8.42 Å². The van der Waals surface area contributed by atoms with E-state index < -0.39 is 14.8 Å². The average molecular weight is 240 g/mol. The molecule has 0 bridgehead atoms. The Kier molecular flexibility index (Phi) is 2.28. The third kappa shape index (κ3) is 1.50. The van der Waals surface area contributed by atoms with Gasteiger partial charge in [-0.15, -0.1) is 0 Å². The summed E-state index contributed by atoms with van der Waals surface area (Å²) in [5.74, 6) is 0. The Labute approximate surface area is 93.3 Å². The van der Waals surface area contributed by atoms with Crippen molar-refractivity contribution < 1.29 is 12.9 Å². The predicted molar refractivity (Wildman–Crippen MR) is 60.1 cm³/mol. The van der Waals surface area contributed by atoms with Gasteiger partial charge >= 0.3 is 0 Å². The molecule has 0 radical (unpaired) electrons. The Bertz CT molecular complexity index is 628. The molecule has 0 spiro atoms. The van der Waals surface area contributed by atoms with Gasteiger partial charge in [0.15, 0.2) is 5.58 Å². The molecule has 0 aliphatic heterocycles. The maximum atomic E-state index is 11.5.